The minimum atomic E-state index is -4.45. The number of aliphatic hydroxyl groups is 2. The second kappa shape index (κ2) is 23.0. The van der Waals surface area contributed by atoms with E-state index in [9.17, 15) is 48.9 Å². The van der Waals surface area contributed by atoms with Crippen molar-refractivity contribution in [3.63, 3.8) is 0 Å². The summed E-state index contributed by atoms with van der Waals surface area (Å²) < 4.78 is 63.6. The average molecular weight is 1200 g/mol. The van der Waals surface area contributed by atoms with Crippen LogP contribution in [0.1, 0.15) is 56.2 Å². The molecule has 0 amide bonds. The maximum Gasteiger partial charge on any atom is 0.351 e. The first-order valence-corrected chi connectivity index (χ1v) is 30.7. The van der Waals surface area contributed by atoms with Crippen LogP contribution in [0.3, 0.4) is 0 Å². The van der Waals surface area contributed by atoms with Gasteiger partial charge < -0.3 is 88.2 Å². The van der Waals surface area contributed by atoms with E-state index in [4.69, 9.17) is 98.7 Å². The fourth-order valence-electron chi connectivity index (χ4n) is 8.80. The lowest BCUT2D eigenvalue weighted by Crippen LogP contribution is -2.33. The van der Waals surface area contributed by atoms with Crippen molar-refractivity contribution in [1.82, 2.24) is 48.2 Å². The highest BCUT2D eigenvalue weighted by Gasteiger charge is 2.47. The molecule has 0 radical (unpaired) electrons. The number of anilines is 3. The van der Waals surface area contributed by atoms with Gasteiger partial charge in [-0.25, -0.2) is 19.4 Å². The van der Waals surface area contributed by atoms with E-state index in [0.717, 1.165) is 13.7 Å². The van der Waals surface area contributed by atoms with E-state index in [0.29, 0.717) is 0 Å². The van der Waals surface area contributed by atoms with Crippen LogP contribution in [0.2, 0.25) is 0 Å². The first-order valence-electron chi connectivity index (χ1n) is 23.0. The quantitative estimate of drug-likeness (QED) is 0.0363. The molecule has 0 bridgehead atoms. The highest BCUT2D eigenvalue weighted by molar-refractivity contribution is 8.07. The molecule has 77 heavy (non-hydrogen) atoms. The molecule has 7 unspecified atom stereocenters. The molecule has 4 aliphatic heterocycles. The topological polar surface area (TPSA) is 460 Å². The SMILES string of the molecule is Cc1cn([C@H]2CC(OP(O)(=S)OC[C@H]3O[C@@H](n4cnc5c(=O)[nH]c(N)nc54)CC3OP(O)(=S)OC[C@H]3O[C@@H](n4ccc(N)nc4=O)CC3OP(O)(=S)OC[C@H]3O[C@@H](n4ccc(N)nc4=O)CC3O)[C@@H](CO)O2)c(=O)[nH]c1=O. The molecule has 9 heterocycles. The molecule has 9 rings (SSSR count). The van der Waals surface area contributed by atoms with Crippen LogP contribution in [-0.2, 0) is 81.5 Å². The number of hydrogen-bond donors (Lipinski definition) is 10. The summed E-state index contributed by atoms with van der Waals surface area (Å²) in [6, 6.07) is 2.70. The molecule has 4 fully saturated rings. The Bertz CT molecular complexity index is 3480. The molecule has 5 aromatic heterocycles. The molecule has 0 spiro atoms. The van der Waals surface area contributed by atoms with Crippen LogP contribution in [0, 0.1) is 6.92 Å². The van der Waals surface area contributed by atoms with Gasteiger partial charge in [-0.05, 0) is 54.5 Å². The third-order valence-electron chi connectivity index (χ3n) is 12.5. The maximum absolute atomic E-state index is 12.9. The molecule has 13 N–H and O–H groups in total. The van der Waals surface area contributed by atoms with E-state index >= 15 is 0 Å². The predicted molar refractivity (Wildman–Crippen MR) is 274 cm³/mol. The van der Waals surface area contributed by atoms with Gasteiger partial charge in [0.2, 0.25) is 5.95 Å². The summed E-state index contributed by atoms with van der Waals surface area (Å²) in [5.41, 5.74) is 13.6. The van der Waals surface area contributed by atoms with Crippen molar-refractivity contribution in [3.8, 4) is 0 Å². The maximum atomic E-state index is 12.9. The number of rotatable bonds is 20. The van der Waals surface area contributed by atoms with Crippen LogP contribution >= 0.6 is 20.2 Å². The zero-order valence-corrected chi connectivity index (χ0v) is 44.9. The Morgan fingerprint density at radius 3 is 1.62 bits per heavy atom. The van der Waals surface area contributed by atoms with Crippen molar-refractivity contribution < 1.29 is 71.0 Å². The van der Waals surface area contributed by atoms with Gasteiger partial charge in [0.1, 0.15) is 61.0 Å². The summed E-state index contributed by atoms with van der Waals surface area (Å²) in [6.45, 7) is -14.0. The van der Waals surface area contributed by atoms with Gasteiger partial charge in [0.05, 0.1) is 57.2 Å². The number of nitrogens with one attached hydrogen (secondary N) is 2. The minimum Gasteiger partial charge on any atom is -0.394 e. The first kappa shape index (κ1) is 57.2. The van der Waals surface area contributed by atoms with Crippen molar-refractivity contribution in [2.24, 2.45) is 0 Å². The van der Waals surface area contributed by atoms with Gasteiger partial charge in [0.25, 0.3) is 11.1 Å². The standard InChI is InChI=1S/C38H50N13O20P3S3/c1-16-10-50(38(58)47-33(16)54)29-7-18(21(11-52)65-29)69-73(60,76)63-14-24-20(9-30(68-24)51-15-42-31-32(51)45-35(41)46-34(31)55)71-74(61,77)64-13-23-19(8-28(67-23)49-5-3-26(40)44-37(49)57)70-72(59,75)62-12-22-17(53)6-27(66-22)48-4-2-25(39)43-36(48)56/h2-5,10,15,17-24,27-30,52-53H,6-9,11-14H2,1H3,(H,59,75)(H,60,76)(H,61,77)(H2,39,43,56)(H2,40,44,57)(H,47,54,58)(H3,41,45,46,55)/t17?,18?,19?,20?,21-,22-,23-,24-,27-,28-,29-,30-,72?,73?,74?/m1/s1. The van der Waals surface area contributed by atoms with Gasteiger partial charge in [-0.2, -0.15) is 15.0 Å². The monoisotopic (exact) mass is 1200 g/mol. The Balaban J connectivity index is 0.893. The molecule has 420 valence electrons. The number of aromatic nitrogens is 10. The molecule has 4 saturated heterocycles. The normalized spacial score (nSPS) is 29.9. The number of ether oxygens (including phenoxy) is 4. The molecule has 5 aromatic rings. The van der Waals surface area contributed by atoms with E-state index in [1.807, 2.05) is 0 Å². The molecule has 0 aliphatic carbocycles. The van der Waals surface area contributed by atoms with Gasteiger partial charge >= 0.3 is 37.2 Å². The van der Waals surface area contributed by atoms with Crippen molar-refractivity contribution in [1.29, 1.82) is 0 Å². The number of hydrogen-bond acceptors (Lipinski definition) is 27. The second-order valence-electron chi connectivity index (χ2n) is 17.8. The van der Waals surface area contributed by atoms with Crippen molar-refractivity contribution in [2.45, 2.75) is 106 Å². The highest BCUT2D eigenvalue weighted by Crippen LogP contribution is 2.54. The number of imidazole rings is 1. The van der Waals surface area contributed by atoms with E-state index < -0.39 is 149 Å². The smallest absolute Gasteiger partial charge is 0.351 e. The second-order valence-corrected chi connectivity index (χ2v) is 26.1. The fourth-order valence-corrected chi connectivity index (χ4v) is 13.2. The van der Waals surface area contributed by atoms with E-state index in [-0.39, 0.29) is 60.0 Å². The van der Waals surface area contributed by atoms with E-state index in [2.05, 4.69) is 29.9 Å². The summed E-state index contributed by atoms with van der Waals surface area (Å²) >= 11 is 16.2. The summed E-state index contributed by atoms with van der Waals surface area (Å²) in [5.74, 6) is -0.344. The zero-order valence-electron chi connectivity index (χ0n) is 39.8. The van der Waals surface area contributed by atoms with Crippen molar-refractivity contribution in [3.05, 3.63) is 94.8 Å². The van der Waals surface area contributed by atoms with Crippen LogP contribution in [0.15, 0.2) is 61.0 Å². The molecule has 4 aliphatic rings. The lowest BCUT2D eigenvalue weighted by atomic mass is 10.2. The third-order valence-corrected chi connectivity index (χ3v) is 17.2. The molecule has 33 nitrogen and oxygen atoms in total. The first-order chi connectivity index (χ1) is 36.3. The molecule has 15 atom stereocenters. The Morgan fingerprint density at radius 2 is 1.10 bits per heavy atom. The van der Waals surface area contributed by atoms with E-state index in [1.165, 1.54) is 48.5 Å². The third kappa shape index (κ3) is 13.3. The van der Waals surface area contributed by atoms with Gasteiger partial charge in [-0.3, -0.25) is 37.8 Å². The Labute approximate surface area is 446 Å². The lowest BCUT2D eigenvalue weighted by molar-refractivity contribution is -0.0564. The van der Waals surface area contributed by atoms with Crippen molar-refractivity contribution >= 4 is 84.3 Å². The lowest BCUT2D eigenvalue weighted by Gasteiger charge is -2.28. The summed E-state index contributed by atoms with van der Waals surface area (Å²) in [4.78, 5) is 117. The Hall–Kier alpha value is -4.46. The number of aryl methyl sites for hydroxylation is 1. The van der Waals surface area contributed by atoms with Gasteiger partial charge in [-0.15, -0.1) is 0 Å². The van der Waals surface area contributed by atoms with Crippen molar-refractivity contribution in [2.75, 3.05) is 43.6 Å². The number of nitrogens with zero attached hydrogens (tertiary/aromatic N) is 8. The van der Waals surface area contributed by atoms with Gasteiger partial charge in [-0.1, -0.05) is 0 Å². The molecular formula is C38H50N13O20P3S3. The van der Waals surface area contributed by atoms with Gasteiger partial charge in [0, 0.05) is 49.8 Å². The molecule has 0 saturated carbocycles. The largest absolute Gasteiger partial charge is 0.394 e. The molecule has 0 aromatic carbocycles. The Kier molecular flexibility index (Phi) is 17.1. The number of aromatic amines is 2. The average Bonchev–Trinajstić information content (AvgIpc) is 4.29. The number of nitrogen functional groups attached to an aromatic ring is 3. The van der Waals surface area contributed by atoms with Crippen LogP contribution in [0.4, 0.5) is 17.6 Å². The van der Waals surface area contributed by atoms with Crippen LogP contribution in [-0.4, -0.2) is 148 Å². The minimum absolute atomic E-state index is 0.00101. The number of fused-ring (bicyclic) bond motifs is 1. The Morgan fingerprint density at radius 1 is 0.649 bits per heavy atom. The molecule has 39 heteroatoms. The van der Waals surface area contributed by atoms with Gasteiger partial charge in [0.15, 0.2) is 11.2 Å². The van der Waals surface area contributed by atoms with Crippen LogP contribution in [0.5, 0.6) is 0 Å². The fraction of sp³-hybridized carbons (Fsp3) is 0.553. The van der Waals surface area contributed by atoms with E-state index in [1.54, 1.807) is 0 Å². The predicted octanol–water partition coefficient (Wildman–Crippen LogP) is -2.40. The highest BCUT2D eigenvalue weighted by atomic mass is 32.5. The zero-order chi connectivity index (χ0) is 55.3. The summed E-state index contributed by atoms with van der Waals surface area (Å²) in [5, 5.41) is 20.9. The van der Waals surface area contributed by atoms with Crippen LogP contribution in [0.25, 0.3) is 11.2 Å². The number of aliphatic hydroxyl groups excluding tert-OH is 2. The number of H-pyrrole nitrogens is 2. The van der Waals surface area contributed by atoms with Crippen LogP contribution < -0.4 is 45.4 Å². The molecular weight excluding hydrogens is 1150 g/mol. The number of nitrogens with two attached hydrogens (primary N) is 3. The summed E-state index contributed by atoms with van der Waals surface area (Å²) in [7, 11) is 0. The summed E-state index contributed by atoms with van der Waals surface area (Å²) in [6.07, 6.45) is -9.23.